The van der Waals surface area contributed by atoms with E-state index in [2.05, 4.69) is 31.0 Å². The molecule has 2 fully saturated rings. The molecule has 0 aromatic carbocycles. The highest BCUT2D eigenvalue weighted by molar-refractivity contribution is 4.96. The molecule has 2 rings (SSSR count). The number of fused-ring (bicyclic) bond motifs is 2. The van der Waals surface area contributed by atoms with Gasteiger partial charge < -0.3 is 5.32 Å². The van der Waals surface area contributed by atoms with Crippen LogP contribution in [0.25, 0.3) is 0 Å². The van der Waals surface area contributed by atoms with Gasteiger partial charge in [-0.15, -0.1) is 0 Å². The predicted molar refractivity (Wildman–Crippen MR) is 74.3 cm³/mol. The van der Waals surface area contributed by atoms with E-state index in [0.29, 0.717) is 0 Å². The molecule has 0 aromatic rings. The molecule has 2 heterocycles. The van der Waals surface area contributed by atoms with E-state index in [4.69, 9.17) is 0 Å². The van der Waals surface area contributed by atoms with Crippen LogP contribution in [0.2, 0.25) is 0 Å². The molecule has 2 aliphatic rings. The van der Waals surface area contributed by atoms with E-state index >= 15 is 0 Å². The smallest absolute Gasteiger partial charge is 0.0128 e. The fourth-order valence-electron chi connectivity index (χ4n) is 3.90. The third-order valence-electron chi connectivity index (χ3n) is 4.67. The lowest BCUT2D eigenvalue weighted by Crippen LogP contribution is -2.51. The highest BCUT2D eigenvalue weighted by Gasteiger charge is 2.36. The molecule has 0 radical (unpaired) electrons. The van der Waals surface area contributed by atoms with Crippen molar-refractivity contribution in [2.75, 3.05) is 6.54 Å². The zero-order valence-electron chi connectivity index (χ0n) is 11.9. The van der Waals surface area contributed by atoms with Crippen LogP contribution in [-0.4, -0.2) is 35.6 Å². The van der Waals surface area contributed by atoms with E-state index in [9.17, 15) is 0 Å². The van der Waals surface area contributed by atoms with Gasteiger partial charge in [0.1, 0.15) is 0 Å². The van der Waals surface area contributed by atoms with Gasteiger partial charge in [0.25, 0.3) is 0 Å². The Hall–Kier alpha value is -0.0800. The summed E-state index contributed by atoms with van der Waals surface area (Å²) in [6.45, 7) is 8.36. The van der Waals surface area contributed by atoms with Crippen molar-refractivity contribution in [3.63, 3.8) is 0 Å². The second-order valence-corrected chi connectivity index (χ2v) is 6.14. The zero-order chi connectivity index (χ0) is 12.3. The second kappa shape index (κ2) is 6.19. The molecule has 0 saturated carbocycles. The molecule has 0 aromatic heterocycles. The first-order valence-corrected chi connectivity index (χ1v) is 7.76. The fourth-order valence-corrected chi connectivity index (χ4v) is 3.90. The monoisotopic (exact) mass is 238 g/mol. The molecule has 0 aliphatic carbocycles. The summed E-state index contributed by atoms with van der Waals surface area (Å²) < 4.78 is 0. The van der Waals surface area contributed by atoms with E-state index < -0.39 is 0 Å². The molecule has 17 heavy (non-hydrogen) atoms. The lowest BCUT2D eigenvalue weighted by atomic mass is 9.96. The van der Waals surface area contributed by atoms with E-state index in [1.807, 2.05) is 0 Å². The van der Waals surface area contributed by atoms with Gasteiger partial charge in [-0.05, 0) is 52.0 Å². The topological polar surface area (TPSA) is 15.3 Å². The molecule has 3 unspecified atom stereocenters. The van der Waals surface area contributed by atoms with Gasteiger partial charge in [-0.3, -0.25) is 4.90 Å². The average molecular weight is 238 g/mol. The first-order chi connectivity index (χ1) is 8.24. The van der Waals surface area contributed by atoms with Crippen LogP contribution in [0, 0.1) is 0 Å². The third-order valence-corrected chi connectivity index (χ3v) is 4.67. The summed E-state index contributed by atoms with van der Waals surface area (Å²) in [5.41, 5.74) is 0. The summed E-state index contributed by atoms with van der Waals surface area (Å²) in [4.78, 5) is 2.82. The van der Waals surface area contributed by atoms with Crippen molar-refractivity contribution in [1.82, 2.24) is 10.2 Å². The van der Waals surface area contributed by atoms with Gasteiger partial charge in [-0.2, -0.15) is 0 Å². The molecular weight excluding hydrogens is 208 g/mol. The number of hydrogen-bond donors (Lipinski definition) is 1. The molecule has 2 aliphatic heterocycles. The van der Waals surface area contributed by atoms with Gasteiger partial charge in [-0.25, -0.2) is 0 Å². The highest BCUT2D eigenvalue weighted by Crippen LogP contribution is 2.31. The summed E-state index contributed by atoms with van der Waals surface area (Å²) in [7, 11) is 0. The van der Waals surface area contributed by atoms with Crippen LogP contribution in [0.4, 0.5) is 0 Å². The van der Waals surface area contributed by atoms with Gasteiger partial charge in [0.15, 0.2) is 0 Å². The highest BCUT2D eigenvalue weighted by atomic mass is 15.2. The van der Waals surface area contributed by atoms with Crippen molar-refractivity contribution >= 4 is 0 Å². The molecule has 2 bridgehead atoms. The number of nitrogens with one attached hydrogen (secondary N) is 1. The predicted octanol–water partition coefficient (Wildman–Crippen LogP) is 3.17. The molecule has 2 nitrogen and oxygen atoms in total. The maximum absolute atomic E-state index is 3.76. The normalized spacial score (nSPS) is 34.2. The molecule has 2 heteroatoms. The Morgan fingerprint density at radius 1 is 1.12 bits per heavy atom. The molecule has 3 atom stereocenters. The molecule has 1 N–H and O–H groups in total. The largest absolute Gasteiger partial charge is 0.311 e. The quantitative estimate of drug-likeness (QED) is 0.764. The van der Waals surface area contributed by atoms with Crippen molar-refractivity contribution in [1.29, 1.82) is 0 Å². The van der Waals surface area contributed by atoms with Crippen molar-refractivity contribution in [3.8, 4) is 0 Å². The Morgan fingerprint density at radius 3 is 2.29 bits per heavy atom. The van der Waals surface area contributed by atoms with E-state index in [1.54, 1.807) is 0 Å². The Bertz CT molecular complexity index is 217. The summed E-state index contributed by atoms with van der Waals surface area (Å²) in [6, 6.07) is 3.29. The van der Waals surface area contributed by atoms with Crippen LogP contribution in [0.5, 0.6) is 0 Å². The lowest BCUT2D eigenvalue weighted by Gasteiger charge is -2.41. The molecule has 0 spiro atoms. The lowest BCUT2D eigenvalue weighted by molar-refractivity contribution is 0.0964. The summed E-state index contributed by atoms with van der Waals surface area (Å²) in [6.07, 6.45) is 9.60. The van der Waals surface area contributed by atoms with Crippen LogP contribution in [0.3, 0.4) is 0 Å². The van der Waals surface area contributed by atoms with Gasteiger partial charge >= 0.3 is 0 Å². The Balaban J connectivity index is 1.95. The number of rotatable bonds is 6. The average Bonchev–Trinajstić information content (AvgIpc) is 2.65. The minimum atomic E-state index is 0.780. The summed E-state index contributed by atoms with van der Waals surface area (Å²) in [5, 5.41) is 3.76. The molecule has 2 saturated heterocycles. The second-order valence-electron chi connectivity index (χ2n) is 6.14. The van der Waals surface area contributed by atoms with Crippen LogP contribution in [0.1, 0.15) is 65.7 Å². The number of nitrogens with zero attached hydrogens (tertiary/aromatic N) is 1. The molecular formula is C15H30N2. The van der Waals surface area contributed by atoms with Crippen LogP contribution in [0.15, 0.2) is 0 Å². The van der Waals surface area contributed by atoms with Crippen molar-refractivity contribution in [3.05, 3.63) is 0 Å². The third kappa shape index (κ3) is 3.23. The zero-order valence-corrected chi connectivity index (χ0v) is 11.9. The van der Waals surface area contributed by atoms with Crippen LogP contribution < -0.4 is 5.32 Å². The fraction of sp³-hybridized carbons (Fsp3) is 1.00. The SMILES string of the molecule is CCCC(C)N(CCC)C1CC2CCC(C1)N2. The number of hydrogen-bond acceptors (Lipinski definition) is 2. The first kappa shape index (κ1) is 13.4. The molecule has 0 amide bonds. The number of piperidine rings is 1. The van der Waals surface area contributed by atoms with Crippen molar-refractivity contribution in [2.24, 2.45) is 0 Å². The maximum atomic E-state index is 3.76. The Labute approximate surface area is 107 Å². The molecule has 100 valence electrons. The van der Waals surface area contributed by atoms with Crippen molar-refractivity contribution < 1.29 is 0 Å². The first-order valence-electron chi connectivity index (χ1n) is 7.76. The van der Waals surface area contributed by atoms with Crippen LogP contribution in [-0.2, 0) is 0 Å². The Morgan fingerprint density at radius 2 is 1.76 bits per heavy atom. The van der Waals surface area contributed by atoms with E-state index in [-0.39, 0.29) is 0 Å². The van der Waals surface area contributed by atoms with E-state index in [1.165, 1.54) is 51.5 Å². The van der Waals surface area contributed by atoms with Gasteiger partial charge in [0, 0.05) is 24.2 Å². The minimum absolute atomic E-state index is 0.780. The van der Waals surface area contributed by atoms with Crippen LogP contribution >= 0.6 is 0 Å². The van der Waals surface area contributed by atoms with Gasteiger partial charge in [0.05, 0.1) is 0 Å². The standard InChI is InChI=1S/C15H30N2/c1-4-6-12(3)17(9-5-2)15-10-13-7-8-14(11-15)16-13/h12-16H,4-11H2,1-3H3. The van der Waals surface area contributed by atoms with E-state index in [0.717, 1.165) is 24.2 Å². The van der Waals surface area contributed by atoms with Crippen molar-refractivity contribution in [2.45, 2.75) is 89.9 Å². The summed E-state index contributed by atoms with van der Waals surface area (Å²) in [5.74, 6) is 0. The summed E-state index contributed by atoms with van der Waals surface area (Å²) >= 11 is 0. The van der Waals surface area contributed by atoms with Gasteiger partial charge in [-0.1, -0.05) is 20.3 Å². The Kier molecular flexibility index (Phi) is 4.87. The maximum Gasteiger partial charge on any atom is 0.0128 e. The van der Waals surface area contributed by atoms with Gasteiger partial charge in [0.2, 0.25) is 0 Å². The minimum Gasteiger partial charge on any atom is -0.311 e.